The van der Waals surface area contributed by atoms with Crippen LogP contribution in [0.25, 0.3) is 0 Å². The Labute approximate surface area is 71.2 Å². The van der Waals surface area contributed by atoms with Crippen molar-refractivity contribution in [2.45, 2.75) is 20.3 Å². The first-order valence-corrected chi connectivity index (χ1v) is 3.95. The Hall–Kier alpha value is -1.06. The molecule has 0 bridgehead atoms. The summed E-state index contributed by atoms with van der Waals surface area (Å²) in [6, 6.07) is 0. The molecule has 0 saturated carbocycles. The lowest BCUT2D eigenvalue weighted by molar-refractivity contribution is -0.130. The predicted octanol–water partition coefficient (Wildman–Crippen LogP) is 0.965. The van der Waals surface area contributed by atoms with E-state index in [1.54, 1.807) is 13.8 Å². The van der Waals surface area contributed by atoms with E-state index < -0.39 is 11.5 Å². The summed E-state index contributed by atoms with van der Waals surface area (Å²) < 4.78 is 0. The van der Waals surface area contributed by atoms with Gasteiger partial charge < -0.3 is 10.0 Å². The molecule has 0 aromatic carbocycles. The number of nitrogens with zero attached hydrogens (tertiary/aromatic N) is 1. The molecule has 1 aliphatic rings. The third kappa shape index (κ3) is 1.57. The van der Waals surface area contributed by atoms with Gasteiger partial charge in [0.1, 0.15) is 5.78 Å². The summed E-state index contributed by atoms with van der Waals surface area (Å²) in [6.45, 7) is 4.23. The highest BCUT2D eigenvalue weighted by Gasteiger charge is 2.35. The first-order chi connectivity index (χ1) is 5.43. The van der Waals surface area contributed by atoms with E-state index in [4.69, 9.17) is 5.11 Å². The van der Waals surface area contributed by atoms with Gasteiger partial charge >= 0.3 is 6.09 Å². The topological polar surface area (TPSA) is 57.6 Å². The molecule has 0 atom stereocenters. The Balaban J connectivity index is 2.69. The lowest BCUT2D eigenvalue weighted by Crippen LogP contribution is -2.48. The van der Waals surface area contributed by atoms with E-state index in [1.807, 2.05) is 0 Å². The molecule has 1 saturated heterocycles. The predicted molar refractivity (Wildman–Crippen MR) is 43.0 cm³/mol. The number of carboxylic acid groups (broad SMARTS) is 1. The third-order valence-electron chi connectivity index (χ3n) is 2.22. The van der Waals surface area contributed by atoms with Crippen LogP contribution in [0.3, 0.4) is 0 Å². The second-order valence-corrected chi connectivity index (χ2v) is 3.76. The molecule has 4 heteroatoms. The molecule has 1 heterocycles. The molecule has 1 amide bonds. The number of hydrogen-bond acceptors (Lipinski definition) is 2. The zero-order valence-electron chi connectivity index (χ0n) is 7.33. The van der Waals surface area contributed by atoms with Crippen LogP contribution < -0.4 is 0 Å². The van der Waals surface area contributed by atoms with E-state index >= 15 is 0 Å². The molecular formula is C8H13NO3. The van der Waals surface area contributed by atoms with Crippen LogP contribution in [-0.2, 0) is 4.79 Å². The number of piperidine rings is 1. The normalized spacial score (nSPS) is 22.5. The fourth-order valence-electron chi connectivity index (χ4n) is 1.38. The highest BCUT2D eigenvalue weighted by atomic mass is 16.4. The highest BCUT2D eigenvalue weighted by Crippen LogP contribution is 2.24. The number of carbonyl (C=O) groups excluding carboxylic acids is 1. The van der Waals surface area contributed by atoms with Gasteiger partial charge in [0, 0.05) is 24.9 Å². The Morgan fingerprint density at radius 2 is 2.17 bits per heavy atom. The van der Waals surface area contributed by atoms with E-state index in [9.17, 15) is 9.59 Å². The van der Waals surface area contributed by atoms with Gasteiger partial charge in [0.15, 0.2) is 0 Å². The largest absolute Gasteiger partial charge is 0.465 e. The number of amides is 1. The Morgan fingerprint density at radius 1 is 1.58 bits per heavy atom. The van der Waals surface area contributed by atoms with E-state index in [2.05, 4.69) is 0 Å². The van der Waals surface area contributed by atoms with Crippen LogP contribution in [-0.4, -0.2) is 35.0 Å². The summed E-state index contributed by atoms with van der Waals surface area (Å²) >= 11 is 0. The second-order valence-electron chi connectivity index (χ2n) is 3.76. The summed E-state index contributed by atoms with van der Waals surface area (Å²) in [5.41, 5.74) is -0.503. The first kappa shape index (κ1) is 9.03. The molecule has 1 N–H and O–H groups in total. The fraction of sp³-hybridized carbons (Fsp3) is 0.750. The van der Waals surface area contributed by atoms with E-state index in [0.717, 1.165) is 0 Å². The highest BCUT2D eigenvalue weighted by molar-refractivity contribution is 5.86. The minimum Gasteiger partial charge on any atom is -0.465 e. The van der Waals surface area contributed by atoms with Crippen LogP contribution in [0.15, 0.2) is 0 Å². The van der Waals surface area contributed by atoms with E-state index in [1.165, 1.54) is 4.90 Å². The average Bonchev–Trinajstić information content (AvgIpc) is 1.94. The zero-order chi connectivity index (χ0) is 9.35. The molecular weight excluding hydrogens is 158 g/mol. The number of carbonyl (C=O) groups is 2. The van der Waals surface area contributed by atoms with E-state index in [-0.39, 0.29) is 5.78 Å². The van der Waals surface area contributed by atoms with Gasteiger partial charge in [0.25, 0.3) is 0 Å². The van der Waals surface area contributed by atoms with Crippen LogP contribution in [0, 0.1) is 5.41 Å². The van der Waals surface area contributed by atoms with Crippen molar-refractivity contribution in [2.24, 2.45) is 5.41 Å². The number of Topliss-reactive ketones (excluding diaryl/α,β-unsaturated/α-hetero) is 1. The minimum absolute atomic E-state index is 0.153. The Kier molecular flexibility index (Phi) is 2.08. The van der Waals surface area contributed by atoms with Gasteiger partial charge in [-0.3, -0.25) is 4.79 Å². The van der Waals surface area contributed by atoms with Crippen molar-refractivity contribution in [3.63, 3.8) is 0 Å². The van der Waals surface area contributed by atoms with Crippen molar-refractivity contribution in [1.29, 1.82) is 0 Å². The molecule has 4 nitrogen and oxygen atoms in total. The minimum atomic E-state index is -0.935. The Bertz CT molecular complexity index is 222. The molecule has 0 radical (unpaired) electrons. The lowest BCUT2D eigenvalue weighted by Gasteiger charge is -2.34. The smallest absolute Gasteiger partial charge is 0.407 e. The fourth-order valence-corrected chi connectivity index (χ4v) is 1.38. The maximum atomic E-state index is 11.3. The van der Waals surface area contributed by atoms with Gasteiger partial charge in [-0.2, -0.15) is 0 Å². The summed E-state index contributed by atoms with van der Waals surface area (Å²) in [6.07, 6.45) is -0.588. The monoisotopic (exact) mass is 171 g/mol. The quantitative estimate of drug-likeness (QED) is 0.590. The molecule has 1 rings (SSSR count). The van der Waals surface area contributed by atoms with Gasteiger partial charge in [-0.15, -0.1) is 0 Å². The van der Waals surface area contributed by atoms with Crippen molar-refractivity contribution in [3.05, 3.63) is 0 Å². The average molecular weight is 171 g/mol. The van der Waals surface area contributed by atoms with Gasteiger partial charge in [-0.1, -0.05) is 13.8 Å². The van der Waals surface area contributed by atoms with Crippen LogP contribution in [0.5, 0.6) is 0 Å². The molecule has 1 aliphatic heterocycles. The van der Waals surface area contributed by atoms with Gasteiger partial charge in [0.2, 0.25) is 0 Å². The van der Waals surface area contributed by atoms with Crippen LogP contribution in [0.2, 0.25) is 0 Å². The van der Waals surface area contributed by atoms with Crippen LogP contribution >= 0.6 is 0 Å². The van der Waals surface area contributed by atoms with Crippen LogP contribution in [0.1, 0.15) is 20.3 Å². The molecule has 0 aromatic heterocycles. The van der Waals surface area contributed by atoms with Crippen molar-refractivity contribution in [1.82, 2.24) is 4.90 Å². The maximum absolute atomic E-state index is 11.3. The lowest BCUT2D eigenvalue weighted by atomic mass is 9.83. The van der Waals surface area contributed by atoms with Crippen molar-refractivity contribution >= 4 is 11.9 Å². The molecule has 0 aliphatic carbocycles. The van der Waals surface area contributed by atoms with Gasteiger partial charge in [0.05, 0.1) is 0 Å². The van der Waals surface area contributed by atoms with Gasteiger partial charge in [-0.25, -0.2) is 4.79 Å². The summed E-state index contributed by atoms with van der Waals surface area (Å²) in [5, 5.41) is 8.67. The molecule has 68 valence electrons. The molecule has 0 aromatic rings. The summed E-state index contributed by atoms with van der Waals surface area (Å²) in [4.78, 5) is 23.1. The first-order valence-electron chi connectivity index (χ1n) is 3.95. The molecule has 0 unspecified atom stereocenters. The number of rotatable bonds is 0. The Morgan fingerprint density at radius 3 is 2.58 bits per heavy atom. The molecule has 12 heavy (non-hydrogen) atoms. The molecule has 1 fully saturated rings. The zero-order valence-corrected chi connectivity index (χ0v) is 7.33. The standard InChI is InChI=1S/C8H13NO3/c1-8(2)5-9(7(11)12)4-3-6(8)10/h3-5H2,1-2H3,(H,11,12). The number of likely N-dealkylation sites (tertiary alicyclic amines) is 1. The van der Waals surface area contributed by atoms with Crippen molar-refractivity contribution in [2.75, 3.05) is 13.1 Å². The maximum Gasteiger partial charge on any atom is 0.407 e. The van der Waals surface area contributed by atoms with Gasteiger partial charge in [-0.05, 0) is 0 Å². The van der Waals surface area contributed by atoms with Crippen LogP contribution in [0.4, 0.5) is 4.79 Å². The molecule has 0 spiro atoms. The van der Waals surface area contributed by atoms with Crippen molar-refractivity contribution < 1.29 is 14.7 Å². The number of ketones is 1. The second kappa shape index (κ2) is 2.77. The summed E-state index contributed by atoms with van der Waals surface area (Å²) in [7, 11) is 0. The van der Waals surface area contributed by atoms with E-state index in [0.29, 0.717) is 19.5 Å². The van der Waals surface area contributed by atoms with Crippen molar-refractivity contribution in [3.8, 4) is 0 Å². The third-order valence-corrected chi connectivity index (χ3v) is 2.22. The number of hydrogen-bond donors (Lipinski definition) is 1. The summed E-state index contributed by atoms with van der Waals surface area (Å²) in [5.74, 6) is 0.153. The SMILES string of the molecule is CC1(C)CN(C(=O)O)CCC1=O.